The Morgan fingerprint density at radius 2 is 2.10 bits per heavy atom. The second kappa shape index (κ2) is 4.56. The average molecular weight is 285 g/mol. The van der Waals surface area contributed by atoms with Gasteiger partial charge in [0.1, 0.15) is 0 Å². The summed E-state index contributed by atoms with van der Waals surface area (Å²) in [6.07, 6.45) is 9.08. The summed E-state index contributed by atoms with van der Waals surface area (Å²) < 4.78 is 0. The van der Waals surface area contributed by atoms with Crippen molar-refractivity contribution in [3.63, 3.8) is 0 Å². The van der Waals surface area contributed by atoms with Crippen molar-refractivity contribution in [1.29, 1.82) is 0 Å². The number of aryl methyl sites for hydroxylation is 1. The molecule has 0 radical (unpaired) electrons. The van der Waals surface area contributed by atoms with E-state index in [0.717, 1.165) is 18.3 Å². The highest BCUT2D eigenvalue weighted by Gasteiger charge is 2.50. The summed E-state index contributed by atoms with van der Waals surface area (Å²) in [5.41, 5.74) is 3.49. The first kappa shape index (κ1) is 13.3. The highest BCUT2D eigenvalue weighted by molar-refractivity contribution is 5.44. The topological polar surface area (TPSA) is 43.1 Å². The lowest BCUT2D eigenvalue weighted by Gasteiger charge is -2.49. The maximum atomic E-state index is 11.1. The monoisotopic (exact) mass is 285 g/mol. The molecule has 3 heteroatoms. The molecule has 4 atom stereocenters. The van der Waals surface area contributed by atoms with Crippen LogP contribution in [0.5, 0.6) is 0 Å². The lowest BCUT2D eigenvalue weighted by Crippen LogP contribution is -2.39. The Hall–Kier alpha value is -1.38. The number of nitrogens with zero attached hydrogens (tertiary/aromatic N) is 1. The minimum absolute atomic E-state index is 0.244. The SMILES string of the molecule is C[C@@]12CCC[C@H]1[C@@H]1CCc3ccc([N+](=O)[O-])cc3[C@H]1CC2. The van der Waals surface area contributed by atoms with E-state index in [2.05, 4.69) is 6.92 Å². The fraction of sp³-hybridized carbons (Fsp3) is 0.667. The molecule has 0 aliphatic heterocycles. The number of hydrogen-bond acceptors (Lipinski definition) is 2. The summed E-state index contributed by atoms with van der Waals surface area (Å²) in [5, 5.41) is 11.1. The molecule has 3 nitrogen and oxygen atoms in total. The molecule has 0 heterocycles. The molecule has 0 bridgehead atoms. The summed E-state index contributed by atoms with van der Waals surface area (Å²) in [4.78, 5) is 10.8. The van der Waals surface area contributed by atoms with Crippen LogP contribution in [-0.4, -0.2) is 4.92 Å². The van der Waals surface area contributed by atoms with Crippen LogP contribution in [0.25, 0.3) is 0 Å². The summed E-state index contributed by atoms with van der Waals surface area (Å²) in [7, 11) is 0. The van der Waals surface area contributed by atoms with E-state index in [1.807, 2.05) is 12.1 Å². The molecule has 0 aromatic heterocycles. The number of hydrogen-bond donors (Lipinski definition) is 0. The van der Waals surface area contributed by atoms with Crippen molar-refractivity contribution in [2.45, 2.75) is 57.8 Å². The summed E-state index contributed by atoms with van der Waals surface area (Å²) >= 11 is 0. The average Bonchev–Trinajstić information content (AvgIpc) is 2.88. The van der Waals surface area contributed by atoms with Gasteiger partial charge in [0.25, 0.3) is 5.69 Å². The number of non-ortho nitro benzene ring substituents is 1. The molecule has 4 rings (SSSR count). The summed E-state index contributed by atoms with van der Waals surface area (Å²) in [6, 6.07) is 5.57. The van der Waals surface area contributed by atoms with Gasteiger partial charge >= 0.3 is 0 Å². The molecule has 1 aromatic carbocycles. The fourth-order valence-corrected chi connectivity index (χ4v) is 5.66. The maximum Gasteiger partial charge on any atom is 0.269 e. The van der Waals surface area contributed by atoms with Crippen LogP contribution < -0.4 is 0 Å². The van der Waals surface area contributed by atoms with Crippen LogP contribution >= 0.6 is 0 Å². The summed E-state index contributed by atoms with van der Waals surface area (Å²) in [6.45, 7) is 2.49. The zero-order chi connectivity index (χ0) is 14.6. The number of rotatable bonds is 1. The van der Waals surface area contributed by atoms with E-state index in [1.54, 1.807) is 6.07 Å². The Balaban J connectivity index is 1.73. The Morgan fingerprint density at radius 3 is 2.90 bits per heavy atom. The third kappa shape index (κ3) is 1.93. The molecular formula is C18H23NO2. The van der Waals surface area contributed by atoms with Gasteiger partial charge in [-0.15, -0.1) is 0 Å². The van der Waals surface area contributed by atoms with E-state index in [1.165, 1.54) is 49.7 Å². The predicted molar refractivity (Wildman–Crippen MR) is 82.3 cm³/mol. The van der Waals surface area contributed by atoms with E-state index in [4.69, 9.17) is 0 Å². The molecule has 0 amide bonds. The van der Waals surface area contributed by atoms with Crippen molar-refractivity contribution < 1.29 is 4.92 Å². The Kier molecular flexibility index (Phi) is 2.88. The van der Waals surface area contributed by atoms with Crippen LogP contribution in [0, 0.1) is 27.4 Å². The van der Waals surface area contributed by atoms with Crippen molar-refractivity contribution in [3.05, 3.63) is 39.4 Å². The Morgan fingerprint density at radius 1 is 1.24 bits per heavy atom. The van der Waals surface area contributed by atoms with Crippen molar-refractivity contribution in [3.8, 4) is 0 Å². The lowest BCUT2D eigenvalue weighted by atomic mass is 9.56. The van der Waals surface area contributed by atoms with Crippen molar-refractivity contribution in [2.75, 3.05) is 0 Å². The zero-order valence-corrected chi connectivity index (χ0v) is 12.7. The van der Waals surface area contributed by atoms with Gasteiger partial charge in [-0.2, -0.15) is 0 Å². The molecule has 0 N–H and O–H groups in total. The highest BCUT2D eigenvalue weighted by Crippen LogP contribution is 2.60. The van der Waals surface area contributed by atoms with E-state index < -0.39 is 0 Å². The number of nitro groups is 1. The molecule has 1 aromatic rings. The second-order valence-corrected chi connectivity index (χ2v) is 7.64. The van der Waals surface area contributed by atoms with Crippen LogP contribution in [-0.2, 0) is 6.42 Å². The van der Waals surface area contributed by atoms with Gasteiger partial charge in [-0.3, -0.25) is 10.1 Å². The van der Waals surface area contributed by atoms with Crippen molar-refractivity contribution in [1.82, 2.24) is 0 Å². The molecule has 0 unspecified atom stereocenters. The number of nitro benzene ring substituents is 1. The normalized spacial score (nSPS) is 37.5. The Labute approximate surface area is 125 Å². The van der Waals surface area contributed by atoms with Crippen LogP contribution in [0.3, 0.4) is 0 Å². The molecular weight excluding hydrogens is 262 g/mol. The van der Waals surface area contributed by atoms with Crippen molar-refractivity contribution in [2.24, 2.45) is 17.3 Å². The largest absolute Gasteiger partial charge is 0.269 e. The van der Waals surface area contributed by atoms with Crippen molar-refractivity contribution >= 4 is 5.69 Å². The smallest absolute Gasteiger partial charge is 0.258 e. The minimum atomic E-state index is -0.244. The molecule has 3 aliphatic rings. The molecule has 112 valence electrons. The van der Waals surface area contributed by atoms with Gasteiger partial charge in [0.15, 0.2) is 0 Å². The van der Waals surface area contributed by atoms with Crippen LogP contribution in [0.4, 0.5) is 5.69 Å². The molecule has 3 aliphatic carbocycles. The van der Waals surface area contributed by atoms with Crippen LogP contribution in [0.15, 0.2) is 18.2 Å². The van der Waals surface area contributed by atoms with E-state index in [-0.39, 0.29) is 10.6 Å². The van der Waals surface area contributed by atoms with Gasteiger partial charge in [-0.05, 0) is 72.8 Å². The first-order valence-electron chi connectivity index (χ1n) is 8.36. The van der Waals surface area contributed by atoms with Crippen LogP contribution in [0.1, 0.15) is 62.5 Å². The lowest BCUT2D eigenvalue weighted by molar-refractivity contribution is -0.385. The number of benzene rings is 1. The van der Waals surface area contributed by atoms with E-state index in [9.17, 15) is 10.1 Å². The zero-order valence-electron chi connectivity index (χ0n) is 12.7. The first-order valence-corrected chi connectivity index (χ1v) is 8.36. The number of fused-ring (bicyclic) bond motifs is 5. The van der Waals surface area contributed by atoms with Gasteiger partial charge in [-0.25, -0.2) is 0 Å². The third-order valence-corrected chi connectivity index (χ3v) is 6.71. The first-order chi connectivity index (χ1) is 10.1. The van der Waals surface area contributed by atoms with Gasteiger partial charge in [0.05, 0.1) is 4.92 Å². The van der Waals surface area contributed by atoms with E-state index in [0.29, 0.717) is 11.3 Å². The minimum Gasteiger partial charge on any atom is -0.258 e. The quantitative estimate of drug-likeness (QED) is 0.547. The second-order valence-electron chi connectivity index (χ2n) is 7.64. The molecule has 2 saturated carbocycles. The van der Waals surface area contributed by atoms with E-state index >= 15 is 0 Å². The highest BCUT2D eigenvalue weighted by atomic mass is 16.6. The van der Waals surface area contributed by atoms with Gasteiger partial charge in [0.2, 0.25) is 0 Å². The van der Waals surface area contributed by atoms with Crippen LogP contribution in [0.2, 0.25) is 0 Å². The maximum absolute atomic E-state index is 11.1. The van der Waals surface area contributed by atoms with Gasteiger partial charge < -0.3 is 0 Å². The third-order valence-electron chi connectivity index (χ3n) is 6.71. The van der Waals surface area contributed by atoms with Gasteiger partial charge in [0, 0.05) is 12.1 Å². The predicted octanol–water partition coefficient (Wildman–Crippen LogP) is 4.84. The molecule has 0 saturated heterocycles. The molecule has 0 spiro atoms. The fourth-order valence-electron chi connectivity index (χ4n) is 5.66. The Bertz CT molecular complexity index is 597. The summed E-state index contributed by atoms with van der Waals surface area (Å²) in [5.74, 6) is 2.19. The standard InChI is InChI=1S/C18H23NO2/c1-18-9-2-3-17(18)15-7-5-12-4-6-13(19(20)21)11-16(12)14(15)8-10-18/h4,6,11,14-15,17H,2-3,5,7-10H2,1H3/t14-,15+,17-,18-/m0/s1. The molecule has 21 heavy (non-hydrogen) atoms. The molecule has 2 fully saturated rings. The van der Waals surface area contributed by atoms with Gasteiger partial charge in [-0.1, -0.05) is 19.4 Å².